The van der Waals surface area contributed by atoms with Crippen LogP contribution >= 0.6 is 0 Å². The molecular formula is C16H16F3N3. The molecule has 1 aliphatic rings. The molecule has 2 heterocycles. The van der Waals surface area contributed by atoms with Gasteiger partial charge >= 0.3 is 6.18 Å². The average Bonchev–Trinajstić information content (AvgIpc) is 2.89. The highest BCUT2D eigenvalue weighted by Gasteiger charge is 2.30. The summed E-state index contributed by atoms with van der Waals surface area (Å²) in [4.78, 5) is 4.53. The van der Waals surface area contributed by atoms with E-state index in [0.29, 0.717) is 11.3 Å². The fraction of sp³-hybridized carbons (Fsp3) is 0.312. The number of rotatable bonds is 2. The minimum absolute atomic E-state index is 0.478. The van der Waals surface area contributed by atoms with Crippen LogP contribution in [0.4, 0.5) is 13.2 Å². The number of aromatic nitrogens is 2. The molecule has 0 spiro atoms. The van der Waals surface area contributed by atoms with Crippen molar-refractivity contribution < 1.29 is 13.2 Å². The Bertz CT molecular complexity index is 714. The quantitative estimate of drug-likeness (QED) is 0.920. The van der Waals surface area contributed by atoms with E-state index in [-0.39, 0.29) is 0 Å². The molecule has 1 aromatic heterocycles. The third-order valence-corrected chi connectivity index (χ3v) is 3.71. The molecule has 0 saturated heterocycles. The first-order valence-corrected chi connectivity index (χ1v) is 7.06. The van der Waals surface area contributed by atoms with Gasteiger partial charge in [-0.15, -0.1) is 0 Å². The van der Waals surface area contributed by atoms with E-state index >= 15 is 0 Å². The third-order valence-electron chi connectivity index (χ3n) is 3.71. The molecule has 22 heavy (non-hydrogen) atoms. The zero-order valence-corrected chi connectivity index (χ0v) is 12.1. The first-order valence-electron chi connectivity index (χ1n) is 7.06. The van der Waals surface area contributed by atoms with Gasteiger partial charge in [-0.3, -0.25) is 0 Å². The Morgan fingerprint density at radius 2 is 2.09 bits per heavy atom. The first-order chi connectivity index (χ1) is 10.4. The van der Waals surface area contributed by atoms with Crippen LogP contribution in [0.25, 0.3) is 16.8 Å². The van der Waals surface area contributed by atoms with E-state index in [1.165, 1.54) is 6.07 Å². The Kier molecular flexibility index (Phi) is 3.78. The number of imidazole rings is 1. The monoisotopic (exact) mass is 307 g/mol. The van der Waals surface area contributed by atoms with Gasteiger partial charge in [0.1, 0.15) is 5.82 Å². The molecule has 2 aromatic rings. The number of benzene rings is 1. The van der Waals surface area contributed by atoms with Gasteiger partial charge in [-0.1, -0.05) is 18.2 Å². The Morgan fingerprint density at radius 3 is 2.77 bits per heavy atom. The molecule has 0 bridgehead atoms. The maximum absolute atomic E-state index is 12.8. The van der Waals surface area contributed by atoms with Gasteiger partial charge in [0.15, 0.2) is 0 Å². The van der Waals surface area contributed by atoms with Gasteiger partial charge < -0.3 is 9.88 Å². The molecule has 0 saturated carbocycles. The van der Waals surface area contributed by atoms with E-state index in [9.17, 15) is 13.2 Å². The van der Waals surface area contributed by atoms with Crippen LogP contribution in [0.15, 0.2) is 36.5 Å². The summed E-state index contributed by atoms with van der Waals surface area (Å²) >= 11 is 0. The number of hydrogen-bond acceptors (Lipinski definition) is 2. The van der Waals surface area contributed by atoms with Crippen molar-refractivity contribution in [1.82, 2.24) is 14.9 Å². The fourth-order valence-corrected chi connectivity index (χ4v) is 2.58. The minimum atomic E-state index is -4.34. The standard InChI is InChI=1S/C16H16F3N3/c1-22-10-14(21-15(22)11-5-7-20-8-6-11)12-3-2-4-13(9-12)16(17,18)19/h2-5,9-10,20H,6-8H2,1H3. The molecule has 0 fully saturated rings. The molecule has 3 rings (SSSR count). The minimum Gasteiger partial charge on any atom is -0.334 e. The second-order valence-corrected chi connectivity index (χ2v) is 5.32. The predicted molar refractivity (Wildman–Crippen MR) is 79.1 cm³/mol. The van der Waals surface area contributed by atoms with Gasteiger partial charge in [-0.25, -0.2) is 4.98 Å². The number of nitrogens with one attached hydrogen (secondary N) is 1. The van der Waals surface area contributed by atoms with Crippen LogP contribution in [0.3, 0.4) is 0 Å². The predicted octanol–water partition coefficient (Wildman–Crippen LogP) is 3.48. The van der Waals surface area contributed by atoms with Gasteiger partial charge in [0.2, 0.25) is 0 Å². The number of aryl methyl sites for hydroxylation is 1. The van der Waals surface area contributed by atoms with Gasteiger partial charge in [0.25, 0.3) is 0 Å². The Balaban J connectivity index is 1.98. The van der Waals surface area contributed by atoms with Gasteiger partial charge in [-0.05, 0) is 30.7 Å². The van der Waals surface area contributed by atoms with Crippen molar-refractivity contribution in [3.63, 3.8) is 0 Å². The van der Waals surface area contributed by atoms with Crippen molar-refractivity contribution in [3.8, 4) is 11.3 Å². The normalized spacial score (nSPS) is 15.7. The number of hydrogen-bond donors (Lipinski definition) is 1. The summed E-state index contributed by atoms with van der Waals surface area (Å²) in [7, 11) is 1.86. The van der Waals surface area contributed by atoms with Crippen molar-refractivity contribution >= 4 is 5.57 Å². The van der Waals surface area contributed by atoms with Crippen molar-refractivity contribution in [2.24, 2.45) is 7.05 Å². The lowest BCUT2D eigenvalue weighted by Crippen LogP contribution is -2.20. The third kappa shape index (κ3) is 2.92. The second-order valence-electron chi connectivity index (χ2n) is 5.32. The summed E-state index contributed by atoms with van der Waals surface area (Å²) < 4.78 is 40.3. The average molecular weight is 307 g/mol. The van der Waals surface area contributed by atoms with Crippen molar-refractivity contribution in [2.45, 2.75) is 12.6 Å². The van der Waals surface area contributed by atoms with E-state index in [1.54, 1.807) is 12.3 Å². The molecule has 0 radical (unpaired) electrons. The molecule has 3 nitrogen and oxygen atoms in total. The summed E-state index contributed by atoms with van der Waals surface area (Å²) in [6, 6.07) is 5.28. The lowest BCUT2D eigenvalue weighted by Gasteiger charge is -2.13. The number of alkyl halides is 3. The number of halogens is 3. The molecule has 116 valence electrons. The highest BCUT2D eigenvalue weighted by molar-refractivity contribution is 5.67. The summed E-state index contributed by atoms with van der Waals surface area (Å²) in [5, 5.41) is 3.23. The molecule has 6 heteroatoms. The SMILES string of the molecule is Cn1cc(-c2cccc(C(F)(F)F)c2)nc1C1=CCNCC1. The maximum atomic E-state index is 12.8. The van der Waals surface area contributed by atoms with Crippen molar-refractivity contribution in [2.75, 3.05) is 13.1 Å². The van der Waals surface area contributed by atoms with E-state index in [1.807, 2.05) is 11.6 Å². The number of nitrogens with zero attached hydrogens (tertiary/aromatic N) is 2. The summed E-state index contributed by atoms with van der Waals surface area (Å²) in [5.41, 5.74) is 1.51. The van der Waals surface area contributed by atoms with Crippen LogP contribution < -0.4 is 5.32 Å². The van der Waals surface area contributed by atoms with Crippen LogP contribution in [0.1, 0.15) is 17.8 Å². The van der Waals surface area contributed by atoms with Crippen LogP contribution in [-0.2, 0) is 13.2 Å². The molecule has 0 amide bonds. The Labute approximate surface area is 126 Å². The molecule has 1 aliphatic heterocycles. The molecule has 0 aliphatic carbocycles. The van der Waals surface area contributed by atoms with Crippen LogP contribution in [0.5, 0.6) is 0 Å². The highest BCUT2D eigenvalue weighted by Crippen LogP contribution is 2.32. The van der Waals surface area contributed by atoms with Gasteiger partial charge in [0.05, 0.1) is 11.3 Å². The lowest BCUT2D eigenvalue weighted by atomic mass is 10.1. The maximum Gasteiger partial charge on any atom is 0.416 e. The van der Waals surface area contributed by atoms with Gasteiger partial charge in [-0.2, -0.15) is 13.2 Å². The van der Waals surface area contributed by atoms with Crippen LogP contribution in [-0.4, -0.2) is 22.6 Å². The second kappa shape index (κ2) is 5.61. The Morgan fingerprint density at radius 1 is 1.27 bits per heavy atom. The molecule has 1 N–H and O–H groups in total. The lowest BCUT2D eigenvalue weighted by molar-refractivity contribution is -0.137. The van der Waals surface area contributed by atoms with E-state index in [2.05, 4.69) is 16.4 Å². The summed E-state index contributed by atoms with van der Waals surface area (Å²) in [6.45, 7) is 1.68. The van der Waals surface area contributed by atoms with Gasteiger partial charge in [0, 0.05) is 25.4 Å². The van der Waals surface area contributed by atoms with Crippen molar-refractivity contribution in [3.05, 3.63) is 47.9 Å². The summed E-state index contributed by atoms with van der Waals surface area (Å²) in [6.07, 6.45) is 0.369. The highest BCUT2D eigenvalue weighted by atomic mass is 19.4. The zero-order chi connectivity index (χ0) is 15.7. The van der Waals surface area contributed by atoms with E-state index in [4.69, 9.17) is 0 Å². The van der Waals surface area contributed by atoms with Crippen molar-refractivity contribution in [1.29, 1.82) is 0 Å². The Hall–Kier alpha value is -2.08. The first kappa shape index (κ1) is 14.8. The van der Waals surface area contributed by atoms with Crippen LogP contribution in [0, 0.1) is 0 Å². The smallest absolute Gasteiger partial charge is 0.334 e. The molecule has 1 aromatic carbocycles. The summed E-state index contributed by atoms with van der Waals surface area (Å²) in [5.74, 6) is 0.814. The largest absolute Gasteiger partial charge is 0.416 e. The fourth-order valence-electron chi connectivity index (χ4n) is 2.58. The molecule has 0 atom stereocenters. The van der Waals surface area contributed by atoms with E-state index in [0.717, 1.165) is 43.0 Å². The van der Waals surface area contributed by atoms with E-state index < -0.39 is 11.7 Å². The molecule has 0 unspecified atom stereocenters. The van der Waals surface area contributed by atoms with Crippen LogP contribution in [0.2, 0.25) is 0 Å². The zero-order valence-electron chi connectivity index (χ0n) is 12.1. The molecular weight excluding hydrogens is 291 g/mol. The topological polar surface area (TPSA) is 29.9 Å².